The second-order valence-corrected chi connectivity index (χ2v) is 8.04. The highest BCUT2D eigenvalue weighted by Gasteiger charge is 2.15. The van der Waals surface area contributed by atoms with Crippen molar-refractivity contribution in [3.8, 4) is 0 Å². The Morgan fingerprint density at radius 2 is 1.91 bits per heavy atom. The molecule has 23 heavy (non-hydrogen) atoms. The van der Waals surface area contributed by atoms with E-state index in [1.807, 2.05) is 6.92 Å². The molecule has 2 aromatic rings. The summed E-state index contributed by atoms with van der Waals surface area (Å²) < 4.78 is 27.0. The molecular formula is C16H18N2O3S2. The number of ketones is 1. The van der Waals surface area contributed by atoms with Crippen molar-refractivity contribution >= 4 is 33.4 Å². The van der Waals surface area contributed by atoms with E-state index < -0.39 is 10.0 Å². The lowest BCUT2D eigenvalue weighted by atomic mass is 10.2. The first kappa shape index (κ1) is 17.5. The molecule has 1 atom stereocenters. The molecule has 2 rings (SSSR count). The van der Waals surface area contributed by atoms with Crippen LogP contribution in [0.25, 0.3) is 0 Å². The van der Waals surface area contributed by atoms with Gasteiger partial charge in [-0.1, -0.05) is 18.2 Å². The second-order valence-electron chi connectivity index (χ2n) is 5.03. The Labute approximate surface area is 140 Å². The number of hydrogen-bond acceptors (Lipinski definition) is 5. The van der Waals surface area contributed by atoms with Crippen LogP contribution in [0.15, 0.2) is 53.6 Å². The molecule has 1 aromatic heterocycles. The van der Waals surface area contributed by atoms with Crippen molar-refractivity contribution in [3.05, 3.63) is 54.2 Å². The number of sulfonamides is 1. The van der Waals surface area contributed by atoms with Gasteiger partial charge >= 0.3 is 0 Å². The Kier molecular flexibility index (Phi) is 5.79. The molecule has 1 N–H and O–H groups in total. The zero-order valence-corrected chi connectivity index (χ0v) is 14.5. The zero-order chi connectivity index (χ0) is 16.9. The molecule has 0 aliphatic carbocycles. The first-order valence-corrected chi connectivity index (χ1v) is 9.56. The van der Waals surface area contributed by atoms with E-state index in [0.29, 0.717) is 5.75 Å². The fourth-order valence-electron chi connectivity index (χ4n) is 1.72. The first-order chi connectivity index (χ1) is 10.9. The third-order valence-electron chi connectivity index (χ3n) is 3.21. The smallest absolute Gasteiger partial charge is 0.263 e. The minimum absolute atomic E-state index is 0.0655. The fourth-order valence-corrected chi connectivity index (χ4v) is 3.60. The molecule has 0 spiro atoms. The van der Waals surface area contributed by atoms with Gasteiger partial charge in [0.25, 0.3) is 10.0 Å². The highest BCUT2D eigenvalue weighted by Crippen LogP contribution is 2.20. The second kappa shape index (κ2) is 7.61. The maximum atomic E-state index is 12.3. The molecule has 0 amide bonds. The van der Waals surface area contributed by atoms with E-state index in [0.717, 1.165) is 5.56 Å². The van der Waals surface area contributed by atoms with Gasteiger partial charge in [-0.05, 0) is 43.7 Å². The number of carbonyl (C=O) groups is 1. The van der Waals surface area contributed by atoms with E-state index in [1.54, 1.807) is 49.4 Å². The van der Waals surface area contributed by atoms with E-state index in [1.165, 1.54) is 18.0 Å². The third kappa shape index (κ3) is 5.07. The molecule has 1 heterocycles. The minimum atomic E-state index is -3.65. The molecule has 0 aliphatic rings. The number of nitrogens with zero attached hydrogens (tertiary/aromatic N) is 1. The summed E-state index contributed by atoms with van der Waals surface area (Å²) in [7, 11) is -3.65. The number of benzene rings is 1. The van der Waals surface area contributed by atoms with Gasteiger partial charge in [0.05, 0.1) is 10.1 Å². The van der Waals surface area contributed by atoms with E-state index in [2.05, 4.69) is 9.71 Å². The van der Waals surface area contributed by atoms with Crippen LogP contribution >= 0.6 is 11.8 Å². The van der Waals surface area contributed by atoms with Crippen molar-refractivity contribution < 1.29 is 13.2 Å². The van der Waals surface area contributed by atoms with Gasteiger partial charge in [0, 0.05) is 11.9 Å². The molecule has 122 valence electrons. The van der Waals surface area contributed by atoms with E-state index in [-0.39, 0.29) is 21.7 Å². The lowest BCUT2D eigenvalue weighted by molar-refractivity contribution is -0.116. The molecule has 0 bridgehead atoms. The SMILES string of the molecule is CC(=O)C(C)SCc1ccc(S(=O)(=O)Nc2ccccn2)cc1. The van der Waals surface area contributed by atoms with Gasteiger partial charge in [-0.25, -0.2) is 13.4 Å². The van der Waals surface area contributed by atoms with Crippen LogP contribution < -0.4 is 4.72 Å². The van der Waals surface area contributed by atoms with Crippen molar-refractivity contribution in [2.45, 2.75) is 29.7 Å². The average Bonchev–Trinajstić information content (AvgIpc) is 2.53. The molecule has 5 nitrogen and oxygen atoms in total. The Hall–Kier alpha value is -1.86. The maximum Gasteiger partial charge on any atom is 0.263 e. The molecule has 0 fully saturated rings. The summed E-state index contributed by atoms with van der Waals surface area (Å²) in [5.41, 5.74) is 0.972. The molecular weight excluding hydrogens is 332 g/mol. The number of aromatic nitrogens is 1. The number of anilines is 1. The van der Waals surface area contributed by atoms with Crippen molar-refractivity contribution in [2.24, 2.45) is 0 Å². The Morgan fingerprint density at radius 1 is 1.22 bits per heavy atom. The Balaban J connectivity index is 2.05. The molecule has 0 radical (unpaired) electrons. The third-order valence-corrected chi connectivity index (χ3v) is 5.91. The van der Waals surface area contributed by atoms with Crippen molar-refractivity contribution in [1.29, 1.82) is 0 Å². The van der Waals surface area contributed by atoms with Crippen LogP contribution in [0, 0.1) is 0 Å². The topological polar surface area (TPSA) is 76.1 Å². The predicted molar refractivity (Wildman–Crippen MR) is 92.9 cm³/mol. The standard InChI is InChI=1S/C16H18N2O3S2/c1-12(19)13(2)22-11-14-6-8-15(9-7-14)23(20,21)18-16-5-3-4-10-17-16/h3-10,13H,11H2,1-2H3,(H,17,18). The Morgan fingerprint density at radius 3 is 2.48 bits per heavy atom. The minimum Gasteiger partial charge on any atom is -0.299 e. The van der Waals surface area contributed by atoms with Crippen LogP contribution in [0.4, 0.5) is 5.82 Å². The summed E-state index contributed by atoms with van der Waals surface area (Å²) >= 11 is 1.53. The summed E-state index contributed by atoms with van der Waals surface area (Å²) in [5.74, 6) is 1.07. The Bertz CT molecular complexity index is 760. The lowest BCUT2D eigenvalue weighted by Crippen LogP contribution is -2.13. The van der Waals surface area contributed by atoms with Crippen LogP contribution in [-0.2, 0) is 20.6 Å². The van der Waals surface area contributed by atoms with Crippen molar-refractivity contribution in [1.82, 2.24) is 4.98 Å². The molecule has 0 aliphatic heterocycles. The zero-order valence-electron chi connectivity index (χ0n) is 12.9. The van der Waals surface area contributed by atoms with Crippen LogP contribution in [0.2, 0.25) is 0 Å². The van der Waals surface area contributed by atoms with Crippen molar-refractivity contribution in [3.63, 3.8) is 0 Å². The monoisotopic (exact) mass is 350 g/mol. The number of Topliss-reactive ketones (excluding diaryl/α,β-unsaturated/α-hetero) is 1. The quantitative estimate of drug-likeness (QED) is 0.830. The fraction of sp³-hybridized carbons (Fsp3) is 0.250. The van der Waals surface area contributed by atoms with Gasteiger partial charge in [-0.3, -0.25) is 9.52 Å². The first-order valence-electron chi connectivity index (χ1n) is 7.03. The number of pyridine rings is 1. The lowest BCUT2D eigenvalue weighted by Gasteiger charge is -2.09. The molecule has 0 saturated carbocycles. The van der Waals surface area contributed by atoms with Gasteiger partial charge in [0.15, 0.2) is 0 Å². The van der Waals surface area contributed by atoms with Gasteiger partial charge in [-0.15, -0.1) is 11.8 Å². The van der Waals surface area contributed by atoms with Gasteiger partial charge in [0.1, 0.15) is 11.6 Å². The largest absolute Gasteiger partial charge is 0.299 e. The summed E-state index contributed by atoms with van der Waals surface area (Å²) in [6.45, 7) is 3.43. The number of hydrogen-bond donors (Lipinski definition) is 1. The highest BCUT2D eigenvalue weighted by atomic mass is 32.2. The van der Waals surface area contributed by atoms with Crippen LogP contribution in [0.1, 0.15) is 19.4 Å². The van der Waals surface area contributed by atoms with Crippen LogP contribution in [0.3, 0.4) is 0 Å². The highest BCUT2D eigenvalue weighted by molar-refractivity contribution is 7.99. The number of carbonyl (C=O) groups excluding carboxylic acids is 1. The van der Waals surface area contributed by atoms with Gasteiger partial charge < -0.3 is 0 Å². The summed E-state index contributed by atoms with van der Waals surface area (Å²) in [5, 5.41) is -0.0655. The van der Waals surface area contributed by atoms with E-state index >= 15 is 0 Å². The van der Waals surface area contributed by atoms with Gasteiger partial charge in [-0.2, -0.15) is 0 Å². The van der Waals surface area contributed by atoms with Crippen LogP contribution in [-0.4, -0.2) is 24.4 Å². The van der Waals surface area contributed by atoms with E-state index in [4.69, 9.17) is 0 Å². The van der Waals surface area contributed by atoms with Crippen molar-refractivity contribution in [2.75, 3.05) is 4.72 Å². The summed E-state index contributed by atoms with van der Waals surface area (Å²) in [4.78, 5) is 15.3. The number of nitrogens with one attached hydrogen (secondary N) is 1. The molecule has 1 unspecified atom stereocenters. The molecule has 7 heteroatoms. The maximum absolute atomic E-state index is 12.3. The predicted octanol–water partition coefficient (Wildman–Crippen LogP) is 3.09. The number of thioether (sulfide) groups is 1. The van der Waals surface area contributed by atoms with Gasteiger partial charge in [0.2, 0.25) is 0 Å². The summed E-state index contributed by atoms with van der Waals surface area (Å²) in [6.07, 6.45) is 1.52. The van der Waals surface area contributed by atoms with E-state index in [9.17, 15) is 13.2 Å². The van der Waals surface area contributed by atoms with Crippen LogP contribution in [0.5, 0.6) is 0 Å². The molecule has 1 aromatic carbocycles. The number of rotatable bonds is 7. The average molecular weight is 350 g/mol. The molecule has 0 saturated heterocycles. The summed E-state index contributed by atoms with van der Waals surface area (Å²) in [6, 6.07) is 11.6. The normalized spacial score (nSPS) is 12.6.